The molecule has 1 aromatic carbocycles. The van der Waals surface area contributed by atoms with Crippen LogP contribution in [0.15, 0.2) is 24.3 Å². The lowest BCUT2D eigenvalue weighted by atomic mass is 10.1. The number of hydrogen-bond acceptors (Lipinski definition) is 2. The minimum absolute atomic E-state index is 0.205. The number of rotatable bonds is 2. The van der Waals surface area contributed by atoms with Crippen LogP contribution in [0.4, 0.5) is 0 Å². The molecule has 0 aliphatic heterocycles. The van der Waals surface area contributed by atoms with Crippen molar-refractivity contribution in [2.24, 2.45) is 5.92 Å². The van der Waals surface area contributed by atoms with Gasteiger partial charge in [-0.1, -0.05) is 18.2 Å². The second kappa shape index (κ2) is 3.10. The monoisotopic (exact) mass is 173 g/mol. The standard InChI is InChI=1S/C11H11NO/c1-13-11-5-3-2-4-9(11)10-6-8(10)7-12/h2-5,8,10H,6H2,1H3. The van der Waals surface area contributed by atoms with E-state index in [9.17, 15) is 0 Å². The van der Waals surface area contributed by atoms with E-state index in [0.717, 1.165) is 12.2 Å². The molecular weight excluding hydrogens is 162 g/mol. The number of methoxy groups -OCH3 is 1. The van der Waals surface area contributed by atoms with Gasteiger partial charge in [-0.3, -0.25) is 0 Å². The van der Waals surface area contributed by atoms with Crippen molar-refractivity contribution < 1.29 is 4.74 Å². The van der Waals surface area contributed by atoms with Crippen molar-refractivity contribution in [2.45, 2.75) is 12.3 Å². The predicted octanol–water partition coefficient (Wildman–Crippen LogP) is 2.32. The summed E-state index contributed by atoms with van der Waals surface area (Å²) in [6.45, 7) is 0. The summed E-state index contributed by atoms with van der Waals surface area (Å²) < 4.78 is 5.23. The topological polar surface area (TPSA) is 33.0 Å². The molecule has 0 saturated heterocycles. The minimum atomic E-state index is 0.205. The fourth-order valence-electron chi connectivity index (χ4n) is 1.65. The van der Waals surface area contributed by atoms with E-state index in [-0.39, 0.29) is 5.92 Å². The van der Waals surface area contributed by atoms with Gasteiger partial charge in [-0.05, 0) is 18.1 Å². The van der Waals surface area contributed by atoms with Crippen LogP contribution >= 0.6 is 0 Å². The van der Waals surface area contributed by atoms with E-state index in [2.05, 4.69) is 6.07 Å². The molecule has 2 atom stereocenters. The predicted molar refractivity (Wildman–Crippen MR) is 49.5 cm³/mol. The van der Waals surface area contributed by atoms with Gasteiger partial charge in [-0.2, -0.15) is 5.26 Å². The molecule has 66 valence electrons. The summed E-state index contributed by atoms with van der Waals surface area (Å²) >= 11 is 0. The van der Waals surface area contributed by atoms with Crippen molar-refractivity contribution in [3.05, 3.63) is 29.8 Å². The Labute approximate surface area is 77.8 Å². The van der Waals surface area contributed by atoms with Crippen LogP contribution in [0.5, 0.6) is 5.75 Å². The first kappa shape index (κ1) is 8.12. The summed E-state index contributed by atoms with van der Waals surface area (Å²) in [6.07, 6.45) is 0.983. The van der Waals surface area contributed by atoms with Crippen molar-refractivity contribution in [1.29, 1.82) is 5.26 Å². The highest BCUT2D eigenvalue weighted by molar-refractivity contribution is 5.40. The zero-order chi connectivity index (χ0) is 9.26. The highest BCUT2D eigenvalue weighted by Gasteiger charge is 2.40. The molecule has 0 N–H and O–H groups in total. The Hall–Kier alpha value is -1.49. The zero-order valence-electron chi connectivity index (χ0n) is 7.53. The lowest BCUT2D eigenvalue weighted by Gasteiger charge is -2.05. The van der Waals surface area contributed by atoms with Crippen LogP contribution in [0.1, 0.15) is 17.9 Å². The highest BCUT2D eigenvalue weighted by atomic mass is 16.5. The van der Waals surface area contributed by atoms with Crippen molar-refractivity contribution in [2.75, 3.05) is 7.11 Å². The molecular formula is C11H11NO. The average molecular weight is 173 g/mol. The number of benzene rings is 1. The van der Waals surface area contributed by atoms with E-state index in [0.29, 0.717) is 5.92 Å². The molecule has 2 rings (SSSR count). The van der Waals surface area contributed by atoms with Crippen molar-refractivity contribution in [1.82, 2.24) is 0 Å². The Morgan fingerprint density at radius 1 is 1.46 bits per heavy atom. The largest absolute Gasteiger partial charge is 0.496 e. The maximum absolute atomic E-state index is 8.71. The molecule has 1 aliphatic carbocycles. The number of ether oxygens (including phenoxy) is 1. The molecule has 0 spiro atoms. The van der Waals surface area contributed by atoms with E-state index in [1.165, 1.54) is 5.56 Å². The molecule has 0 amide bonds. The molecule has 0 bridgehead atoms. The van der Waals surface area contributed by atoms with Gasteiger partial charge in [0, 0.05) is 5.92 Å². The third-order valence-electron chi connectivity index (χ3n) is 2.49. The molecule has 1 aliphatic rings. The van der Waals surface area contributed by atoms with E-state index in [4.69, 9.17) is 10.00 Å². The molecule has 0 aromatic heterocycles. The first-order valence-corrected chi connectivity index (χ1v) is 4.39. The first-order chi connectivity index (χ1) is 6.36. The third kappa shape index (κ3) is 1.38. The zero-order valence-corrected chi connectivity index (χ0v) is 7.53. The van der Waals surface area contributed by atoms with Gasteiger partial charge in [0.2, 0.25) is 0 Å². The number of hydrogen-bond donors (Lipinski definition) is 0. The summed E-state index contributed by atoms with van der Waals surface area (Å²) in [5, 5.41) is 8.71. The Morgan fingerprint density at radius 2 is 2.23 bits per heavy atom. The number of para-hydroxylation sites is 1. The quantitative estimate of drug-likeness (QED) is 0.687. The van der Waals surface area contributed by atoms with Crippen molar-refractivity contribution in [3.63, 3.8) is 0 Å². The maximum Gasteiger partial charge on any atom is 0.122 e. The Bertz CT molecular complexity index is 353. The molecule has 2 heteroatoms. The summed E-state index contributed by atoms with van der Waals surface area (Å²) in [6, 6.07) is 10.2. The van der Waals surface area contributed by atoms with Crippen LogP contribution in [0.25, 0.3) is 0 Å². The third-order valence-corrected chi connectivity index (χ3v) is 2.49. The second-order valence-electron chi connectivity index (χ2n) is 3.32. The number of nitriles is 1. The highest BCUT2D eigenvalue weighted by Crippen LogP contribution is 2.49. The van der Waals surface area contributed by atoms with Crippen LogP contribution < -0.4 is 4.74 Å². The van der Waals surface area contributed by atoms with Gasteiger partial charge < -0.3 is 4.74 Å². The lowest BCUT2D eigenvalue weighted by molar-refractivity contribution is 0.409. The van der Waals surface area contributed by atoms with Crippen LogP contribution in [0.2, 0.25) is 0 Å². The SMILES string of the molecule is COc1ccccc1C1CC1C#N. The summed E-state index contributed by atoms with van der Waals surface area (Å²) in [5.74, 6) is 1.52. The minimum Gasteiger partial charge on any atom is -0.496 e. The summed E-state index contributed by atoms with van der Waals surface area (Å²) in [7, 11) is 1.67. The Balaban J connectivity index is 2.26. The van der Waals surface area contributed by atoms with E-state index < -0.39 is 0 Å². The lowest BCUT2D eigenvalue weighted by Crippen LogP contribution is -1.89. The maximum atomic E-state index is 8.71. The fourth-order valence-corrected chi connectivity index (χ4v) is 1.65. The molecule has 2 unspecified atom stereocenters. The van der Waals surface area contributed by atoms with Gasteiger partial charge in [-0.15, -0.1) is 0 Å². The normalized spacial score (nSPS) is 24.9. The molecule has 1 saturated carbocycles. The number of nitrogens with zero attached hydrogens (tertiary/aromatic N) is 1. The summed E-state index contributed by atoms with van der Waals surface area (Å²) in [5.41, 5.74) is 1.18. The average Bonchev–Trinajstić information content (AvgIpc) is 2.96. The Kier molecular flexibility index (Phi) is 1.94. The fraction of sp³-hybridized carbons (Fsp3) is 0.364. The van der Waals surface area contributed by atoms with Gasteiger partial charge in [0.15, 0.2) is 0 Å². The molecule has 1 fully saturated rings. The first-order valence-electron chi connectivity index (χ1n) is 4.39. The van der Waals surface area contributed by atoms with Gasteiger partial charge in [0.1, 0.15) is 5.75 Å². The van der Waals surface area contributed by atoms with Gasteiger partial charge in [-0.25, -0.2) is 0 Å². The Morgan fingerprint density at radius 3 is 2.85 bits per heavy atom. The van der Waals surface area contributed by atoms with E-state index in [1.807, 2.05) is 24.3 Å². The molecule has 2 nitrogen and oxygen atoms in total. The van der Waals surface area contributed by atoms with Gasteiger partial charge in [0.25, 0.3) is 0 Å². The molecule has 1 aromatic rings. The summed E-state index contributed by atoms with van der Waals surface area (Å²) in [4.78, 5) is 0. The van der Waals surface area contributed by atoms with Crippen LogP contribution in [-0.2, 0) is 0 Å². The van der Waals surface area contributed by atoms with Crippen LogP contribution in [0, 0.1) is 17.2 Å². The van der Waals surface area contributed by atoms with E-state index >= 15 is 0 Å². The molecule has 13 heavy (non-hydrogen) atoms. The van der Waals surface area contributed by atoms with Crippen LogP contribution in [-0.4, -0.2) is 7.11 Å². The van der Waals surface area contributed by atoms with E-state index in [1.54, 1.807) is 7.11 Å². The van der Waals surface area contributed by atoms with Crippen molar-refractivity contribution in [3.8, 4) is 11.8 Å². The second-order valence-corrected chi connectivity index (χ2v) is 3.32. The molecule has 0 heterocycles. The van der Waals surface area contributed by atoms with Gasteiger partial charge in [0.05, 0.1) is 19.1 Å². The van der Waals surface area contributed by atoms with Gasteiger partial charge >= 0.3 is 0 Å². The van der Waals surface area contributed by atoms with Crippen molar-refractivity contribution >= 4 is 0 Å². The molecule has 0 radical (unpaired) electrons. The smallest absolute Gasteiger partial charge is 0.122 e. The van der Waals surface area contributed by atoms with Crippen LogP contribution in [0.3, 0.4) is 0 Å².